The largest absolute Gasteiger partial charge is 0.329 e. The number of carbonyl (C=O) groups excluding carboxylic acids is 1. The predicted octanol–water partition coefficient (Wildman–Crippen LogP) is 0.217. The molecule has 0 atom stereocenters. The van der Waals surface area contributed by atoms with Gasteiger partial charge in [-0.1, -0.05) is 6.92 Å². The molecule has 0 heterocycles. The molecule has 1 aliphatic rings. The van der Waals surface area contributed by atoms with E-state index in [-0.39, 0.29) is 6.54 Å². The van der Waals surface area contributed by atoms with Gasteiger partial charge in [0.1, 0.15) is 0 Å². The highest BCUT2D eigenvalue weighted by atomic mass is 32.2. The summed E-state index contributed by atoms with van der Waals surface area (Å²) in [6.07, 6.45) is 4.18. The standard InChI is InChI=1S/C10H20N2O3S/c1-8-3-5-10(7-11,6-4-8)9(13)12-16(2,14)15/h8H,3-7,11H2,1-2H3,(H,12,13). The number of carbonyl (C=O) groups is 1. The Balaban J connectivity index is 2.77. The lowest BCUT2D eigenvalue weighted by Crippen LogP contribution is -2.49. The molecule has 1 amide bonds. The quantitative estimate of drug-likeness (QED) is 0.747. The minimum atomic E-state index is -3.49. The Morgan fingerprint density at radius 1 is 1.44 bits per heavy atom. The summed E-state index contributed by atoms with van der Waals surface area (Å²) in [6.45, 7) is 2.34. The molecule has 0 aliphatic heterocycles. The van der Waals surface area contributed by atoms with E-state index in [1.54, 1.807) is 0 Å². The maximum absolute atomic E-state index is 11.9. The molecule has 0 aromatic rings. The third-order valence-corrected chi connectivity index (χ3v) is 3.94. The van der Waals surface area contributed by atoms with E-state index in [2.05, 4.69) is 6.92 Å². The number of rotatable bonds is 3. The highest BCUT2D eigenvalue weighted by Gasteiger charge is 2.40. The second kappa shape index (κ2) is 4.71. The highest BCUT2D eigenvalue weighted by molar-refractivity contribution is 7.89. The van der Waals surface area contributed by atoms with Crippen molar-refractivity contribution >= 4 is 15.9 Å². The van der Waals surface area contributed by atoms with Gasteiger partial charge in [-0.05, 0) is 31.6 Å². The van der Waals surface area contributed by atoms with E-state index in [4.69, 9.17) is 5.73 Å². The molecule has 1 fully saturated rings. The van der Waals surface area contributed by atoms with Crippen molar-refractivity contribution in [1.82, 2.24) is 4.72 Å². The lowest BCUT2D eigenvalue weighted by molar-refractivity contribution is -0.130. The molecule has 3 N–H and O–H groups in total. The van der Waals surface area contributed by atoms with Crippen molar-refractivity contribution in [3.8, 4) is 0 Å². The second-order valence-corrected chi connectivity index (χ2v) is 6.62. The molecule has 1 rings (SSSR count). The van der Waals surface area contributed by atoms with Gasteiger partial charge in [0.05, 0.1) is 11.7 Å². The molecule has 0 saturated heterocycles. The Kier molecular flexibility index (Phi) is 3.96. The Labute approximate surface area is 96.8 Å². The molecule has 0 aromatic carbocycles. The van der Waals surface area contributed by atoms with Gasteiger partial charge in [-0.3, -0.25) is 9.52 Å². The normalized spacial score (nSPS) is 31.1. The Bertz CT molecular complexity index is 356. The fraction of sp³-hybridized carbons (Fsp3) is 0.900. The van der Waals surface area contributed by atoms with Crippen LogP contribution < -0.4 is 10.5 Å². The van der Waals surface area contributed by atoms with Crippen LogP contribution in [-0.4, -0.2) is 27.1 Å². The van der Waals surface area contributed by atoms with Crippen LogP contribution in [0.25, 0.3) is 0 Å². The van der Waals surface area contributed by atoms with E-state index in [0.29, 0.717) is 18.8 Å². The van der Waals surface area contributed by atoms with E-state index >= 15 is 0 Å². The van der Waals surface area contributed by atoms with E-state index in [1.165, 1.54) is 0 Å². The topological polar surface area (TPSA) is 89.3 Å². The van der Waals surface area contributed by atoms with Gasteiger partial charge in [0, 0.05) is 6.54 Å². The summed E-state index contributed by atoms with van der Waals surface area (Å²) in [5.41, 5.74) is 4.96. The molecule has 1 aliphatic carbocycles. The number of hydrogen-bond donors (Lipinski definition) is 2. The molecule has 1 saturated carbocycles. The van der Waals surface area contributed by atoms with Crippen LogP contribution in [0.5, 0.6) is 0 Å². The number of sulfonamides is 1. The first-order valence-electron chi connectivity index (χ1n) is 5.51. The first-order valence-corrected chi connectivity index (χ1v) is 7.40. The van der Waals surface area contributed by atoms with Gasteiger partial charge in [0.2, 0.25) is 15.9 Å². The van der Waals surface area contributed by atoms with E-state index in [1.807, 2.05) is 4.72 Å². The first kappa shape index (κ1) is 13.4. The Morgan fingerprint density at radius 3 is 2.31 bits per heavy atom. The van der Waals surface area contributed by atoms with Gasteiger partial charge in [0.25, 0.3) is 0 Å². The second-order valence-electron chi connectivity index (χ2n) is 4.87. The zero-order chi connectivity index (χ0) is 12.4. The summed E-state index contributed by atoms with van der Waals surface area (Å²) >= 11 is 0. The monoisotopic (exact) mass is 248 g/mol. The molecule has 0 bridgehead atoms. The minimum absolute atomic E-state index is 0.209. The predicted molar refractivity (Wildman–Crippen MR) is 62.1 cm³/mol. The molecular formula is C10H20N2O3S. The van der Waals surface area contributed by atoms with E-state index in [9.17, 15) is 13.2 Å². The number of amides is 1. The molecule has 94 valence electrons. The molecule has 5 nitrogen and oxygen atoms in total. The summed E-state index contributed by atoms with van der Waals surface area (Å²) in [4.78, 5) is 11.9. The lowest BCUT2D eigenvalue weighted by Gasteiger charge is -2.36. The summed E-state index contributed by atoms with van der Waals surface area (Å²) in [7, 11) is -3.49. The number of nitrogens with two attached hydrogens (primary N) is 1. The SMILES string of the molecule is CC1CCC(CN)(C(=O)NS(C)(=O)=O)CC1. The zero-order valence-corrected chi connectivity index (χ0v) is 10.6. The van der Waals surface area contributed by atoms with Crippen molar-refractivity contribution < 1.29 is 13.2 Å². The van der Waals surface area contributed by atoms with E-state index < -0.39 is 21.3 Å². The maximum atomic E-state index is 11.9. The fourth-order valence-electron chi connectivity index (χ4n) is 2.12. The van der Waals surface area contributed by atoms with Crippen LogP contribution in [0.4, 0.5) is 0 Å². The Hall–Kier alpha value is -0.620. The van der Waals surface area contributed by atoms with Crippen molar-refractivity contribution in [3.05, 3.63) is 0 Å². The van der Waals surface area contributed by atoms with Crippen molar-refractivity contribution in [2.45, 2.75) is 32.6 Å². The summed E-state index contributed by atoms with van der Waals surface area (Å²) in [6, 6.07) is 0. The van der Waals surface area contributed by atoms with Gasteiger partial charge in [-0.25, -0.2) is 8.42 Å². The fourth-order valence-corrected chi connectivity index (χ4v) is 2.67. The van der Waals surface area contributed by atoms with Crippen LogP contribution in [0.1, 0.15) is 32.6 Å². The van der Waals surface area contributed by atoms with Crippen LogP contribution in [0.2, 0.25) is 0 Å². The molecular weight excluding hydrogens is 228 g/mol. The molecule has 0 unspecified atom stereocenters. The van der Waals surface area contributed by atoms with Crippen LogP contribution in [-0.2, 0) is 14.8 Å². The van der Waals surface area contributed by atoms with Gasteiger partial charge in [-0.15, -0.1) is 0 Å². The molecule has 0 radical (unpaired) electrons. The van der Waals surface area contributed by atoms with Crippen molar-refractivity contribution in [1.29, 1.82) is 0 Å². The van der Waals surface area contributed by atoms with Crippen LogP contribution in [0.3, 0.4) is 0 Å². The molecule has 0 spiro atoms. The Morgan fingerprint density at radius 2 is 1.94 bits per heavy atom. The number of hydrogen-bond acceptors (Lipinski definition) is 4. The van der Waals surface area contributed by atoms with Crippen molar-refractivity contribution in [2.75, 3.05) is 12.8 Å². The van der Waals surface area contributed by atoms with Gasteiger partial charge < -0.3 is 5.73 Å². The van der Waals surface area contributed by atoms with Gasteiger partial charge in [0.15, 0.2) is 0 Å². The lowest BCUT2D eigenvalue weighted by atomic mass is 9.70. The first-order chi connectivity index (χ1) is 7.29. The van der Waals surface area contributed by atoms with Crippen molar-refractivity contribution in [3.63, 3.8) is 0 Å². The summed E-state index contributed by atoms with van der Waals surface area (Å²) < 4.78 is 24.1. The average molecular weight is 248 g/mol. The third-order valence-electron chi connectivity index (χ3n) is 3.38. The van der Waals surface area contributed by atoms with Crippen LogP contribution in [0.15, 0.2) is 0 Å². The van der Waals surface area contributed by atoms with Crippen LogP contribution in [0, 0.1) is 11.3 Å². The molecule has 6 heteroatoms. The molecule has 0 aromatic heterocycles. The zero-order valence-electron chi connectivity index (χ0n) is 9.82. The van der Waals surface area contributed by atoms with E-state index in [0.717, 1.165) is 19.1 Å². The maximum Gasteiger partial charge on any atom is 0.240 e. The van der Waals surface area contributed by atoms with Crippen molar-refractivity contribution in [2.24, 2.45) is 17.1 Å². The highest BCUT2D eigenvalue weighted by Crippen LogP contribution is 2.38. The third kappa shape index (κ3) is 3.18. The minimum Gasteiger partial charge on any atom is -0.329 e. The summed E-state index contributed by atoms with van der Waals surface area (Å²) in [5, 5.41) is 0. The smallest absolute Gasteiger partial charge is 0.240 e. The van der Waals surface area contributed by atoms with Crippen LogP contribution >= 0.6 is 0 Å². The van der Waals surface area contributed by atoms with Gasteiger partial charge in [-0.2, -0.15) is 0 Å². The van der Waals surface area contributed by atoms with Gasteiger partial charge >= 0.3 is 0 Å². The average Bonchev–Trinajstić information content (AvgIpc) is 2.17. The molecule has 16 heavy (non-hydrogen) atoms. The number of nitrogens with one attached hydrogen (secondary N) is 1. The summed E-state index contributed by atoms with van der Waals surface area (Å²) in [5.74, 6) is 0.148.